The van der Waals surface area contributed by atoms with Crippen molar-refractivity contribution in [1.82, 2.24) is 15.0 Å². The van der Waals surface area contributed by atoms with E-state index >= 15 is 0 Å². The standard InChI is InChI=1S/C18H15F3N4OS/c19-18(20,21)12-27-16-9-5-4-8-14(16)22-17(26)15-11-25(24-23-15)10-13-6-2-1-3-7-13/h1-9,11H,10,12H2,(H,22,26). The molecule has 0 radical (unpaired) electrons. The molecule has 0 unspecified atom stereocenters. The predicted molar refractivity (Wildman–Crippen MR) is 96.7 cm³/mol. The summed E-state index contributed by atoms with van der Waals surface area (Å²) in [6, 6.07) is 15.9. The number of hydrogen-bond acceptors (Lipinski definition) is 4. The molecule has 0 spiro atoms. The van der Waals surface area contributed by atoms with Gasteiger partial charge in [-0.15, -0.1) is 16.9 Å². The molecule has 0 aliphatic heterocycles. The van der Waals surface area contributed by atoms with Gasteiger partial charge in [0.15, 0.2) is 5.69 Å². The first-order chi connectivity index (χ1) is 12.9. The average Bonchev–Trinajstić information content (AvgIpc) is 3.10. The lowest BCUT2D eigenvalue weighted by atomic mass is 10.2. The second kappa shape index (κ2) is 8.26. The first-order valence-electron chi connectivity index (χ1n) is 7.95. The topological polar surface area (TPSA) is 59.8 Å². The number of aromatic nitrogens is 3. The molecule has 0 aliphatic rings. The van der Waals surface area contributed by atoms with E-state index in [4.69, 9.17) is 0 Å². The molecule has 1 heterocycles. The van der Waals surface area contributed by atoms with Crippen LogP contribution in [0.2, 0.25) is 0 Å². The van der Waals surface area contributed by atoms with Crippen LogP contribution in [0.1, 0.15) is 16.1 Å². The fourth-order valence-corrected chi connectivity index (χ4v) is 3.06. The molecule has 1 N–H and O–H groups in total. The Balaban J connectivity index is 1.67. The minimum absolute atomic E-state index is 0.0848. The number of carbonyl (C=O) groups is 1. The van der Waals surface area contributed by atoms with Crippen LogP contribution in [0.4, 0.5) is 18.9 Å². The Hall–Kier alpha value is -2.81. The smallest absolute Gasteiger partial charge is 0.320 e. The van der Waals surface area contributed by atoms with Crippen LogP contribution in [0.15, 0.2) is 65.7 Å². The Bertz CT molecular complexity index is 912. The lowest BCUT2D eigenvalue weighted by Crippen LogP contribution is -2.14. The highest BCUT2D eigenvalue weighted by atomic mass is 32.2. The van der Waals surface area contributed by atoms with Crippen molar-refractivity contribution in [3.8, 4) is 0 Å². The van der Waals surface area contributed by atoms with Crippen molar-refractivity contribution in [3.05, 3.63) is 72.1 Å². The molecule has 0 bridgehead atoms. The van der Waals surface area contributed by atoms with Crippen LogP contribution >= 0.6 is 11.8 Å². The number of amides is 1. The molecule has 0 saturated carbocycles. The van der Waals surface area contributed by atoms with E-state index in [2.05, 4.69) is 15.6 Å². The number of thioether (sulfide) groups is 1. The SMILES string of the molecule is O=C(Nc1ccccc1SCC(F)(F)F)c1cn(Cc2ccccc2)nn1. The maximum absolute atomic E-state index is 12.5. The van der Waals surface area contributed by atoms with Gasteiger partial charge < -0.3 is 5.32 Å². The second-order valence-corrected chi connectivity index (χ2v) is 6.66. The first-order valence-corrected chi connectivity index (χ1v) is 8.93. The Morgan fingerprint density at radius 3 is 2.52 bits per heavy atom. The summed E-state index contributed by atoms with van der Waals surface area (Å²) >= 11 is 0.617. The maximum Gasteiger partial charge on any atom is 0.398 e. The van der Waals surface area contributed by atoms with Gasteiger partial charge in [-0.25, -0.2) is 4.68 Å². The summed E-state index contributed by atoms with van der Waals surface area (Å²) < 4.78 is 38.9. The highest BCUT2D eigenvalue weighted by Gasteiger charge is 2.27. The number of anilines is 1. The Kier molecular flexibility index (Phi) is 5.80. The van der Waals surface area contributed by atoms with E-state index in [-0.39, 0.29) is 5.69 Å². The predicted octanol–water partition coefficient (Wildman–Crippen LogP) is 4.23. The van der Waals surface area contributed by atoms with Gasteiger partial charge in [-0.2, -0.15) is 13.2 Å². The summed E-state index contributed by atoms with van der Waals surface area (Å²) in [6.07, 6.45) is -2.80. The van der Waals surface area contributed by atoms with Crippen LogP contribution in [0, 0.1) is 0 Å². The molecule has 2 aromatic carbocycles. The van der Waals surface area contributed by atoms with E-state index in [0.717, 1.165) is 5.56 Å². The number of nitrogens with one attached hydrogen (secondary N) is 1. The van der Waals surface area contributed by atoms with E-state index in [0.29, 0.717) is 28.9 Å². The molecule has 0 saturated heterocycles. The van der Waals surface area contributed by atoms with Gasteiger partial charge in [0.05, 0.1) is 24.2 Å². The number of rotatable bonds is 6. The van der Waals surface area contributed by atoms with Crippen molar-refractivity contribution >= 4 is 23.4 Å². The molecule has 0 fully saturated rings. The number of benzene rings is 2. The van der Waals surface area contributed by atoms with Crippen molar-refractivity contribution < 1.29 is 18.0 Å². The van der Waals surface area contributed by atoms with Crippen molar-refractivity contribution in [2.45, 2.75) is 17.6 Å². The van der Waals surface area contributed by atoms with E-state index in [1.807, 2.05) is 30.3 Å². The fraction of sp³-hybridized carbons (Fsp3) is 0.167. The van der Waals surface area contributed by atoms with E-state index in [1.54, 1.807) is 18.2 Å². The van der Waals surface area contributed by atoms with E-state index in [9.17, 15) is 18.0 Å². The Morgan fingerprint density at radius 1 is 1.07 bits per heavy atom. The third kappa shape index (κ3) is 5.58. The highest BCUT2D eigenvalue weighted by Crippen LogP contribution is 2.32. The third-order valence-corrected chi connectivity index (χ3v) is 4.62. The number of nitrogens with zero attached hydrogens (tertiary/aromatic N) is 3. The lowest BCUT2D eigenvalue weighted by Gasteiger charge is -2.11. The monoisotopic (exact) mass is 392 g/mol. The van der Waals surface area contributed by atoms with Gasteiger partial charge in [0.25, 0.3) is 5.91 Å². The van der Waals surface area contributed by atoms with Gasteiger partial charge >= 0.3 is 6.18 Å². The quantitative estimate of drug-likeness (QED) is 0.638. The molecule has 3 aromatic rings. The normalized spacial score (nSPS) is 11.4. The minimum atomic E-state index is -4.29. The van der Waals surface area contributed by atoms with Gasteiger partial charge in [-0.05, 0) is 17.7 Å². The number of carbonyl (C=O) groups excluding carboxylic acids is 1. The summed E-state index contributed by atoms with van der Waals surface area (Å²) in [6.45, 7) is 0.457. The van der Waals surface area contributed by atoms with Crippen molar-refractivity contribution in [2.75, 3.05) is 11.1 Å². The minimum Gasteiger partial charge on any atom is -0.320 e. The zero-order chi connectivity index (χ0) is 19.3. The van der Waals surface area contributed by atoms with Crippen molar-refractivity contribution in [2.24, 2.45) is 0 Å². The Labute approximate surface area is 157 Å². The van der Waals surface area contributed by atoms with Crippen LogP contribution in [0.25, 0.3) is 0 Å². The molecule has 140 valence electrons. The van der Waals surface area contributed by atoms with Gasteiger partial charge in [0.1, 0.15) is 0 Å². The van der Waals surface area contributed by atoms with Gasteiger partial charge in [-0.3, -0.25) is 4.79 Å². The van der Waals surface area contributed by atoms with E-state index in [1.165, 1.54) is 16.9 Å². The molecule has 1 amide bonds. The molecular weight excluding hydrogens is 377 g/mol. The summed E-state index contributed by atoms with van der Waals surface area (Å²) in [7, 11) is 0. The summed E-state index contributed by atoms with van der Waals surface area (Å²) in [5.41, 5.74) is 1.39. The molecule has 5 nitrogen and oxygen atoms in total. The van der Waals surface area contributed by atoms with Gasteiger partial charge in [0.2, 0.25) is 0 Å². The summed E-state index contributed by atoms with van der Waals surface area (Å²) in [5.74, 6) is -1.57. The number of alkyl halides is 3. The molecule has 3 rings (SSSR count). The zero-order valence-electron chi connectivity index (χ0n) is 14.0. The Morgan fingerprint density at radius 2 is 1.78 bits per heavy atom. The average molecular weight is 392 g/mol. The van der Waals surface area contributed by atoms with Crippen molar-refractivity contribution in [1.29, 1.82) is 0 Å². The molecular formula is C18H15F3N4OS. The van der Waals surface area contributed by atoms with Crippen LogP contribution < -0.4 is 5.32 Å². The largest absolute Gasteiger partial charge is 0.398 e. The maximum atomic E-state index is 12.5. The highest BCUT2D eigenvalue weighted by molar-refractivity contribution is 7.99. The first kappa shape index (κ1) is 19.0. The second-order valence-electron chi connectivity index (χ2n) is 5.64. The van der Waals surface area contributed by atoms with Crippen molar-refractivity contribution in [3.63, 3.8) is 0 Å². The molecule has 1 aromatic heterocycles. The number of para-hydroxylation sites is 1. The molecule has 0 aliphatic carbocycles. The van der Waals surface area contributed by atoms with Gasteiger partial charge in [0, 0.05) is 4.90 Å². The fourth-order valence-electron chi connectivity index (χ4n) is 2.29. The summed E-state index contributed by atoms with van der Waals surface area (Å²) in [4.78, 5) is 12.7. The van der Waals surface area contributed by atoms with Crippen LogP contribution in [0.3, 0.4) is 0 Å². The molecule has 27 heavy (non-hydrogen) atoms. The van der Waals surface area contributed by atoms with Crippen LogP contribution in [0.5, 0.6) is 0 Å². The number of hydrogen-bond donors (Lipinski definition) is 1. The van der Waals surface area contributed by atoms with Crippen LogP contribution in [-0.4, -0.2) is 32.8 Å². The third-order valence-electron chi connectivity index (χ3n) is 3.49. The molecule has 9 heteroatoms. The van der Waals surface area contributed by atoms with Gasteiger partial charge in [-0.1, -0.05) is 47.7 Å². The summed E-state index contributed by atoms with van der Waals surface area (Å²) in [5, 5.41) is 10.4. The molecule has 0 atom stereocenters. The zero-order valence-corrected chi connectivity index (χ0v) is 14.8. The van der Waals surface area contributed by atoms with E-state index < -0.39 is 17.8 Å². The van der Waals surface area contributed by atoms with Crippen LogP contribution in [-0.2, 0) is 6.54 Å². The number of halogens is 3. The lowest BCUT2D eigenvalue weighted by molar-refractivity contribution is -0.105.